The van der Waals surface area contributed by atoms with Crippen LogP contribution in [0.2, 0.25) is 0 Å². The number of para-hydroxylation sites is 1. The molecule has 0 fully saturated rings. The van der Waals surface area contributed by atoms with Crippen LogP contribution < -0.4 is 14.8 Å². The monoisotopic (exact) mass is 331 g/mol. The Hall–Kier alpha value is -2.14. The zero-order chi connectivity index (χ0) is 16.7. The number of methoxy groups -OCH3 is 2. The summed E-state index contributed by atoms with van der Waals surface area (Å²) < 4.78 is 10.4. The van der Waals surface area contributed by atoms with E-state index < -0.39 is 0 Å². The van der Waals surface area contributed by atoms with Gasteiger partial charge in [0, 0.05) is 17.0 Å². The van der Waals surface area contributed by atoms with E-state index in [0.717, 1.165) is 22.0 Å². The van der Waals surface area contributed by atoms with Crippen molar-refractivity contribution in [1.82, 2.24) is 5.32 Å². The largest absolute Gasteiger partial charge is 0.497 e. The topological polar surface area (TPSA) is 47.6 Å². The number of ether oxygens (including phenoxy) is 2. The lowest BCUT2D eigenvalue weighted by atomic mass is 10.2. The van der Waals surface area contributed by atoms with E-state index in [0.29, 0.717) is 6.54 Å². The van der Waals surface area contributed by atoms with E-state index in [9.17, 15) is 4.79 Å². The summed E-state index contributed by atoms with van der Waals surface area (Å²) in [6, 6.07) is 15.4. The van der Waals surface area contributed by atoms with Crippen LogP contribution in [0, 0.1) is 0 Å². The van der Waals surface area contributed by atoms with Crippen LogP contribution in [-0.4, -0.2) is 25.4 Å². The van der Waals surface area contributed by atoms with Crippen molar-refractivity contribution in [1.29, 1.82) is 0 Å². The first kappa shape index (κ1) is 17.2. The fourth-order valence-electron chi connectivity index (χ4n) is 2.09. The summed E-state index contributed by atoms with van der Waals surface area (Å²) in [5.41, 5.74) is 0.963. The number of benzene rings is 2. The van der Waals surface area contributed by atoms with Crippen molar-refractivity contribution in [2.24, 2.45) is 0 Å². The molecule has 0 unspecified atom stereocenters. The molecule has 0 bridgehead atoms. The number of hydrogen-bond donors (Lipinski definition) is 1. The molecule has 0 heterocycles. The maximum absolute atomic E-state index is 12.2. The van der Waals surface area contributed by atoms with E-state index in [1.165, 1.54) is 11.8 Å². The fourth-order valence-corrected chi connectivity index (χ4v) is 2.98. The minimum absolute atomic E-state index is 0.00303. The van der Waals surface area contributed by atoms with Gasteiger partial charge in [-0.15, -0.1) is 11.8 Å². The number of hydrogen-bond acceptors (Lipinski definition) is 4. The van der Waals surface area contributed by atoms with Crippen LogP contribution >= 0.6 is 11.8 Å². The van der Waals surface area contributed by atoms with Gasteiger partial charge in [-0.1, -0.05) is 18.2 Å². The predicted molar refractivity (Wildman–Crippen MR) is 93.2 cm³/mol. The number of carbonyl (C=O) groups excluding carboxylic acids is 1. The number of thioether (sulfide) groups is 1. The zero-order valence-corrected chi connectivity index (χ0v) is 14.4. The standard InChI is InChI=1S/C18H21NO3S/c1-13(23-16-10-8-15(21-2)9-11-16)18(20)19-12-14-6-4-5-7-17(14)22-3/h4-11,13H,12H2,1-3H3,(H,19,20)/t13-/m0/s1. The molecule has 0 spiro atoms. The molecule has 2 aromatic rings. The Kier molecular flexibility index (Phi) is 6.35. The third-order valence-electron chi connectivity index (χ3n) is 3.39. The molecule has 0 saturated heterocycles. The lowest BCUT2D eigenvalue weighted by Gasteiger charge is -2.13. The molecule has 2 rings (SSSR count). The highest BCUT2D eigenvalue weighted by molar-refractivity contribution is 8.00. The van der Waals surface area contributed by atoms with Gasteiger partial charge in [-0.05, 0) is 37.3 Å². The van der Waals surface area contributed by atoms with Gasteiger partial charge in [0.2, 0.25) is 5.91 Å². The molecule has 1 atom stereocenters. The van der Waals surface area contributed by atoms with Crippen molar-refractivity contribution in [2.75, 3.05) is 14.2 Å². The Morgan fingerprint density at radius 2 is 1.78 bits per heavy atom. The molecule has 0 aliphatic rings. The summed E-state index contributed by atoms with van der Waals surface area (Å²) in [4.78, 5) is 13.3. The molecule has 1 amide bonds. The second kappa shape index (κ2) is 8.48. The van der Waals surface area contributed by atoms with E-state index in [1.807, 2.05) is 55.5 Å². The summed E-state index contributed by atoms with van der Waals surface area (Å²) in [6.07, 6.45) is 0. The molecule has 1 N–H and O–H groups in total. The van der Waals surface area contributed by atoms with Crippen molar-refractivity contribution < 1.29 is 14.3 Å². The lowest BCUT2D eigenvalue weighted by Crippen LogP contribution is -2.30. The van der Waals surface area contributed by atoms with Crippen molar-refractivity contribution in [3.8, 4) is 11.5 Å². The zero-order valence-electron chi connectivity index (χ0n) is 13.5. The molecule has 0 saturated carbocycles. The molecule has 0 aliphatic heterocycles. The first-order valence-corrected chi connectivity index (χ1v) is 8.22. The average molecular weight is 331 g/mol. The van der Waals surface area contributed by atoms with Gasteiger partial charge in [0.1, 0.15) is 11.5 Å². The van der Waals surface area contributed by atoms with Crippen LogP contribution in [0.1, 0.15) is 12.5 Å². The summed E-state index contributed by atoms with van der Waals surface area (Å²) in [5.74, 6) is 1.59. The molecule has 23 heavy (non-hydrogen) atoms. The van der Waals surface area contributed by atoms with Crippen LogP contribution in [-0.2, 0) is 11.3 Å². The van der Waals surface area contributed by atoms with Crippen LogP contribution in [0.5, 0.6) is 11.5 Å². The second-order valence-electron chi connectivity index (χ2n) is 4.97. The first-order chi connectivity index (χ1) is 11.1. The highest BCUT2D eigenvalue weighted by atomic mass is 32.2. The smallest absolute Gasteiger partial charge is 0.233 e. The van der Waals surface area contributed by atoms with Crippen LogP contribution in [0.3, 0.4) is 0 Å². The first-order valence-electron chi connectivity index (χ1n) is 7.34. The van der Waals surface area contributed by atoms with Gasteiger partial charge in [-0.3, -0.25) is 4.79 Å². The Morgan fingerprint density at radius 1 is 1.09 bits per heavy atom. The van der Waals surface area contributed by atoms with Crippen molar-refractivity contribution in [2.45, 2.75) is 23.6 Å². The maximum Gasteiger partial charge on any atom is 0.233 e. The Labute approximate surface area is 141 Å². The molecular formula is C18H21NO3S. The van der Waals surface area contributed by atoms with Gasteiger partial charge < -0.3 is 14.8 Å². The Morgan fingerprint density at radius 3 is 2.43 bits per heavy atom. The number of carbonyl (C=O) groups is 1. The van der Waals surface area contributed by atoms with Crippen LogP contribution in [0.4, 0.5) is 0 Å². The minimum atomic E-state index is -0.182. The highest BCUT2D eigenvalue weighted by Crippen LogP contribution is 2.25. The van der Waals surface area contributed by atoms with Gasteiger partial charge in [0.25, 0.3) is 0 Å². The molecule has 0 aliphatic carbocycles. The van der Waals surface area contributed by atoms with E-state index in [1.54, 1.807) is 14.2 Å². The second-order valence-corrected chi connectivity index (χ2v) is 6.38. The van der Waals surface area contributed by atoms with Gasteiger partial charge in [-0.25, -0.2) is 0 Å². The van der Waals surface area contributed by atoms with Gasteiger partial charge in [-0.2, -0.15) is 0 Å². The predicted octanol–water partition coefficient (Wildman–Crippen LogP) is 3.50. The van der Waals surface area contributed by atoms with Crippen molar-refractivity contribution in [3.63, 3.8) is 0 Å². The molecule has 0 radical (unpaired) electrons. The van der Waals surface area contributed by atoms with Crippen molar-refractivity contribution >= 4 is 17.7 Å². The summed E-state index contributed by atoms with van der Waals surface area (Å²) >= 11 is 1.52. The summed E-state index contributed by atoms with van der Waals surface area (Å²) in [6.45, 7) is 2.35. The number of nitrogens with one attached hydrogen (secondary N) is 1. The number of amides is 1. The van der Waals surface area contributed by atoms with Gasteiger partial charge >= 0.3 is 0 Å². The van der Waals surface area contributed by atoms with Crippen molar-refractivity contribution in [3.05, 3.63) is 54.1 Å². The summed E-state index contributed by atoms with van der Waals surface area (Å²) in [7, 11) is 3.26. The Bertz CT molecular complexity index is 643. The molecule has 2 aromatic carbocycles. The lowest BCUT2D eigenvalue weighted by molar-refractivity contribution is -0.120. The van der Waals surface area contributed by atoms with E-state index in [2.05, 4.69) is 5.32 Å². The quantitative estimate of drug-likeness (QED) is 0.789. The molecule has 5 heteroatoms. The minimum Gasteiger partial charge on any atom is -0.497 e. The highest BCUT2D eigenvalue weighted by Gasteiger charge is 2.14. The molecule has 122 valence electrons. The Balaban J connectivity index is 1.89. The van der Waals surface area contributed by atoms with Crippen LogP contribution in [0.15, 0.2) is 53.4 Å². The molecule has 4 nitrogen and oxygen atoms in total. The SMILES string of the molecule is COc1ccc(S[C@@H](C)C(=O)NCc2ccccc2OC)cc1. The fraction of sp³-hybridized carbons (Fsp3) is 0.278. The van der Waals surface area contributed by atoms with Crippen LogP contribution in [0.25, 0.3) is 0 Å². The van der Waals surface area contributed by atoms with E-state index >= 15 is 0 Å². The third kappa shape index (κ3) is 4.93. The van der Waals surface area contributed by atoms with E-state index in [4.69, 9.17) is 9.47 Å². The van der Waals surface area contributed by atoms with E-state index in [-0.39, 0.29) is 11.2 Å². The third-order valence-corrected chi connectivity index (χ3v) is 4.50. The van der Waals surface area contributed by atoms with Gasteiger partial charge in [0.05, 0.1) is 19.5 Å². The number of rotatable bonds is 7. The summed E-state index contributed by atoms with van der Waals surface area (Å²) in [5, 5.41) is 2.77. The average Bonchev–Trinajstić information content (AvgIpc) is 2.60. The van der Waals surface area contributed by atoms with Gasteiger partial charge in [0.15, 0.2) is 0 Å². The maximum atomic E-state index is 12.2. The normalized spacial score (nSPS) is 11.6. The molecule has 0 aromatic heterocycles. The molecular weight excluding hydrogens is 310 g/mol.